The third kappa shape index (κ3) is 101. The van der Waals surface area contributed by atoms with Crippen molar-refractivity contribution in [1.82, 2.24) is 0 Å². The third-order valence-corrected chi connectivity index (χ3v) is 0. The molecule has 0 aromatic heterocycles. The van der Waals surface area contributed by atoms with E-state index in [4.69, 9.17) is 0 Å². The van der Waals surface area contributed by atoms with E-state index < -0.39 is 0 Å². The SMILES string of the molecule is CCBr.CCBr.[Al]. The molecule has 0 spiro atoms. The highest BCUT2D eigenvalue weighted by molar-refractivity contribution is 9.09. The Labute approximate surface area is 73.4 Å². The fourth-order valence-corrected chi connectivity index (χ4v) is 0. The lowest BCUT2D eigenvalue weighted by molar-refractivity contribution is 1.56. The van der Waals surface area contributed by atoms with Gasteiger partial charge in [-0.15, -0.1) is 0 Å². The summed E-state index contributed by atoms with van der Waals surface area (Å²) < 4.78 is 0. The molecule has 0 aromatic carbocycles. The quantitative estimate of drug-likeness (QED) is 0.454. The second kappa shape index (κ2) is 25.9. The zero-order valence-corrected chi connectivity index (χ0v) is 9.07. The third-order valence-electron chi connectivity index (χ3n) is 0. The molecule has 0 atom stereocenters. The van der Waals surface area contributed by atoms with E-state index in [2.05, 4.69) is 31.9 Å². The van der Waals surface area contributed by atoms with Gasteiger partial charge in [0.25, 0.3) is 0 Å². The van der Waals surface area contributed by atoms with Crippen LogP contribution in [0.1, 0.15) is 13.8 Å². The van der Waals surface area contributed by atoms with Gasteiger partial charge in [0.2, 0.25) is 0 Å². The minimum Gasteiger partial charge on any atom is -0.0931 e. The van der Waals surface area contributed by atoms with Gasteiger partial charge in [-0.25, -0.2) is 0 Å². The molecule has 0 aliphatic rings. The number of alkyl halides is 2. The van der Waals surface area contributed by atoms with Crippen molar-refractivity contribution in [3.8, 4) is 0 Å². The van der Waals surface area contributed by atoms with Crippen LogP contribution in [0.2, 0.25) is 0 Å². The van der Waals surface area contributed by atoms with Crippen molar-refractivity contribution in [1.29, 1.82) is 0 Å². The van der Waals surface area contributed by atoms with E-state index in [0.717, 1.165) is 10.7 Å². The zero-order chi connectivity index (χ0) is 5.41. The lowest BCUT2D eigenvalue weighted by Crippen LogP contribution is -1.34. The molecule has 7 heavy (non-hydrogen) atoms. The summed E-state index contributed by atoms with van der Waals surface area (Å²) in [4.78, 5) is 0. The highest BCUT2D eigenvalue weighted by atomic mass is 79.9. The maximum absolute atomic E-state index is 3.15. The molecule has 0 unspecified atom stereocenters. The monoisotopic (exact) mass is 243 g/mol. The number of hydrogen-bond acceptors (Lipinski definition) is 0. The first kappa shape index (κ1) is 15.8. The normalized spacial score (nSPS) is 5.14. The Morgan fingerprint density at radius 1 is 1.00 bits per heavy atom. The summed E-state index contributed by atoms with van der Waals surface area (Å²) in [6, 6.07) is 0. The molecule has 3 heteroatoms. The lowest BCUT2D eigenvalue weighted by Gasteiger charge is -1.45. The second-order valence-corrected chi connectivity index (χ2v) is 2.78. The lowest BCUT2D eigenvalue weighted by atomic mass is 11.0. The molecule has 0 saturated carbocycles. The van der Waals surface area contributed by atoms with E-state index >= 15 is 0 Å². The summed E-state index contributed by atoms with van der Waals surface area (Å²) in [7, 11) is 0. The van der Waals surface area contributed by atoms with Crippen LogP contribution in [0, 0.1) is 0 Å². The van der Waals surface area contributed by atoms with Gasteiger partial charge in [0.1, 0.15) is 0 Å². The summed E-state index contributed by atoms with van der Waals surface area (Å²) >= 11 is 6.29. The van der Waals surface area contributed by atoms with Crippen LogP contribution in [0.15, 0.2) is 0 Å². The van der Waals surface area contributed by atoms with Gasteiger partial charge in [0.15, 0.2) is 0 Å². The topological polar surface area (TPSA) is 0 Å². The summed E-state index contributed by atoms with van der Waals surface area (Å²) in [6.45, 7) is 4.08. The Kier molecular flexibility index (Phi) is 58.5. The maximum atomic E-state index is 3.15. The first-order chi connectivity index (χ1) is 2.83. The smallest absolute Gasteiger partial charge is 0.000281 e. The van der Waals surface area contributed by atoms with Crippen LogP contribution in [0.5, 0.6) is 0 Å². The molecular formula is C4H10AlBr2. The first-order valence-corrected chi connectivity index (χ1v) is 4.19. The zero-order valence-electron chi connectivity index (χ0n) is 4.75. The molecule has 0 aromatic rings. The van der Waals surface area contributed by atoms with Gasteiger partial charge < -0.3 is 0 Å². The highest BCUT2D eigenvalue weighted by Gasteiger charge is 1.38. The fourth-order valence-electron chi connectivity index (χ4n) is 0. The molecule has 0 nitrogen and oxygen atoms in total. The number of rotatable bonds is 0. The van der Waals surface area contributed by atoms with Crippen molar-refractivity contribution in [2.75, 3.05) is 10.7 Å². The van der Waals surface area contributed by atoms with Crippen molar-refractivity contribution in [3.63, 3.8) is 0 Å². The molecule has 0 saturated heterocycles. The summed E-state index contributed by atoms with van der Waals surface area (Å²) in [5, 5.41) is 2.12. The van der Waals surface area contributed by atoms with Crippen LogP contribution >= 0.6 is 31.9 Å². The second-order valence-electron chi connectivity index (χ2n) is 0.535. The Bertz CT molecular complexity index is 11.7. The summed E-state index contributed by atoms with van der Waals surface area (Å²) in [5.41, 5.74) is 0. The number of hydrogen-bond donors (Lipinski definition) is 0. The molecular weight excluding hydrogens is 235 g/mol. The van der Waals surface area contributed by atoms with Gasteiger partial charge in [0, 0.05) is 28.0 Å². The van der Waals surface area contributed by atoms with E-state index in [9.17, 15) is 0 Å². The first-order valence-electron chi connectivity index (χ1n) is 1.95. The van der Waals surface area contributed by atoms with Crippen LogP contribution in [-0.2, 0) is 0 Å². The molecule has 3 radical (unpaired) electrons. The summed E-state index contributed by atoms with van der Waals surface area (Å²) in [5.74, 6) is 0. The Balaban J connectivity index is -0.0000000400. The van der Waals surface area contributed by atoms with E-state index in [1.54, 1.807) is 0 Å². The van der Waals surface area contributed by atoms with Gasteiger partial charge in [-0.1, -0.05) is 45.7 Å². The molecule has 43 valence electrons. The molecule has 0 heterocycles. The predicted molar refractivity (Wildman–Crippen MR) is 44.7 cm³/mol. The Morgan fingerprint density at radius 3 is 1.00 bits per heavy atom. The Hall–Kier alpha value is 1.49. The van der Waals surface area contributed by atoms with Gasteiger partial charge in [-0.2, -0.15) is 0 Å². The number of halogens is 2. The largest absolute Gasteiger partial charge is 0.0931 e. The molecule has 0 N–H and O–H groups in total. The predicted octanol–water partition coefficient (Wildman–Crippen LogP) is 2.42. The van der Waals surface area contributed by atoms with E-state index in [1.165, 1.54) is 0 Å². The molecule has 0 fully saturated rings. The van der Waals surface area contributed by atoms with Crippen molar-refractivity contribution in [2.45, 2.75) is 13.8 Å². The molecule has 0 aliphatic carbocycles. The van der Waals surface area contributed by atoms with Crippen LogP contribution in [0.25, 0.3) is 0 Å². The van der Waals surface area contributed by atoms with Crippen LogP contribution < -0.4 is 0 Å². The van der Waals surface area contributed by atoms with Crippen molar-refractivity contribution < 1.29 is 0 Å². The van der Waals surface area contributed by atoms with Crippen LogP contribution in [0.3, 0.4) is 0 Å². The van der Waals surface area contributed by atoms with Crippen molar-refractivity contribution >= 4 is 49.2 Å². The van der Waals surface area contributed by atoms with E-state index in [0.29, 0.717) is 0 Å². The van der Waals surface area contributed by atoms with E-state index in [1.807, 2.05) is 13.8 Å². The molecule has 0 rings (SSSR count). The fraction of sp³-hybridized carbons (Fsp3) is 1.00. The van der Waals surface area contributed by atoms with Gasteiger partial charge >= 0.3 is 0 Å². The summed E-state index contributed by atoms with van der Waals surface area (Å²) in [6.07, 6.45) is 0. The van der Waals surface area contributed by atoms with Gasteiger partial charge in [-0.3, -0.25) is 0 Å². The minimum absolute atomic E-state index is 0. The van der Waals surface area contributed by atoms with Crippen molar-refractivity contribution in [3.05, 3.63) is 0 Å². The molecule has 0 amide bonds. The van der Waals surface area contributed by atoms with Crippen LogP contribution in [0.4, 0.5) is 0 Å². The van der Waals surface area contributed by atoms with Gasteiger partial charge in [0.05, 0.1) is 0 Å². The Morgan fingerprint density at radius 2 is 1.00 bits per heavy atom. The molecule has 0 bridgehead atoms. The maximum Gasteiger partial charge on any atom is 0.000281 e. The highest BCUT2D eigenvalue weighted by Crippen LogP contribution is 1.67. The minimum atomic E-state index is 0. The molecule has 0 aliphatic heterocycles. The van der Waals surface area contributed by atoms with Gasteiger partial charge in [-0.05, 0) is 0 Å². The van der Waals surface area contributed by atoms with Crippen LogP contribution in [-0.4, -0.2) is 28.0 Å². The van der Waals surface area contributed by atoms with Crippen molar-refractivity contribution in [2.24, 2.45) is 0 Å². The average molecular weight is 245 g/mol. The van der Waals surface area contributed by atoms with E-state index in [-0.39, 0.29) is 17.4 Å². The standard InChI is InChI=1S/2C2H5Br.Al/c2*1-2-3;/h2*2H2,1H3;. The average Bonchev–Trinajstić information content (AvgIpc) is 1.39.